The number of hydrogen-bond acceptors (Lipinski definition) is 3. The zero-order valence-electron chi connectivity index (χ0n) is 9.00. The molecular formula is C11H22N2O. The maximum atomic E-state index is 5.50. The van der Waals surface area contributed by atoms with E-state index in [0.29, 0.717) is 6.17 Å². The van der Waals surface area contributed by atoms with Crippen molar-refractivity contribution in [2.45, 2.75) is 38.3 Å². The van der Waals surface area contributed by atoms with Crippen LogP contribution >= 0.6 is 0 Å². The monoisotopic (exact) mass is 198 g/mol. The smallest absolute Gasteiger partial charge is 0.0839 e. The van der Waals surface area contributed by atoms with Gasteiger partial charge in [0.1, 0.15) is 0 Å². The Morgan fingerprint density at radius 1 is 1.00 bits per heavy atom. The molecule has 2 rings (SSSR count). The van der Waals surface area contributed by atoms with Gasteiger partial charge in [-0.25, -0.2) is 0 Å². The third kappa shape index (κ3) is 2.94. The van der Waals surface area contributed by atoms with Crippen molar-refractivity contribution in [1.82, 2.24) is 10.2 Å². The van der Waals surface area contributed by atoms with Crippen LogP contribution in [0.4, 0.5) is 0 Å². The van der Waals surface area contributed by atoms with E-state index < -0.39 is 0 Å². The molecule has 2 fully saturated rings. The number of nitrogens with zero attached hydrogens (tertiary/aromatic N) is 1. The molecular weight excluding hydrogens is 176 g/mol. The highest BCUT2D eigenvalue weighted by atomic mass is 16.5. The topological polar surface area (TPSA) is 24.5 Å². The third-order valence-corrected chi connectivity index (χ3v) is 3.23. The molecule has 3 heteroatoms. The minimum atomic E-state index is 0.488. The van der Waals surface area contributed by atoms with Gasteiger partial charge in [-0.3, -0.25) is 10.2 Å². The van der Waals surface area contributed by atoms with E-state index in [1.165, 1.54) is 45.2 Å². The summed E-state index contributed by atoms with van der Waals surface area (Å²) in [6.45, 7) is 5.27. The van der Waals surface area contributed by atoms with Crippen molar-refractivity contribution in [3.8, 4) is 0 Å². The number of rotatable bonds is 1. The predicted molar refractivity (Wildman–Crippen MR) is 57.3 cm³/mol. The maximum absolute atomic E-state index is 5.50. The third-order valence-electron chi connectivity index (χ3n) is 3.23. The summed E-state index contributed by atoms with van der Waals surface area (Å²) < 4.78 is 5.50. The molecule has 0 aromatic rings. The Morgan fingerprint density at radius 2 is 1.71 bits per heavy atom. The van der Waals surface area contributed by atoms with Crippen molar-refractivity contribution in [3.63, 3.8) is 0 Å². The van der Waals surface area contributed by atoms with Crippen LogP contribution in [0.1, 0.15) is 32.1 Å². The molecule has 2 aliphatic heterocycles. The Kier molecular flexibility index (Phi) is 4.22. The minimum Gasteiger partial charge on any atom is -0.377 e. The normalized spacial score (nSPS) is 32.1. The maximum Gasteiger partial charge on any atom is 0.0839 e. The number of morpholine rings is 1. The molecule has 0 saturated carbocycles. The second-order valence-corrected chi connectivity index (χ2v) is 4.35. The molecule has 0 radical (unpaired) electrons. The highest BCUT2D eigenvalue weighted by molar-refractivity contribution is 4.73. The minimum absolute atomic E-state index is 0.488. The van der Waals surface area contributed by atoms with Crippen LogP contribution in [0.5, 0.6) is 0 Å². The second kappa shape index (κ2) is 5.69. The lowest BCUT2D eigenvalue weighted by Gasteiger charge is -2.35. The summed E-state index contributed by atoms with van der Waals surface area (Å²) in [5, 5.41) is 3.54. The SMILES string of the molecule is C1CCCN(C2COCCN2)CCC1. The summed E-state index contributed by atoms with van der Waals surface area (Å²) in [7, 11) is 0. The average Bonchev–Trinajstić information content (AvgIpc) is 2.18. The summed E-state index contributed by atoms with van der Waals surface area (Å²) in [5.41, 5.74) is 0. The van der Waals surface area contributed by atoms with E-state index in [1.54, 1.807) is 0 Å². The van der Waals surface area contributed by atoms with E-state index >= 15 is 0 Å². The van der Waals surface area contributed by atoms with Crippen LogP contribution in [0.25, 0.3) is 0 Å². The zero-order chi connectivity index (χ0) is 9.64. The Morgan fingerprint density at radius 3 is 2.36 bits per heavy atom. The van der Waals surface area contributed by atoms with Gasteiger partial charge >= 0.3 is 0 Å². The molecule has 14 heavy (non-hydrogen) atoms. The molecule has 1 unspecified atom stereocenters. The Balaban J connectivity index is 1.80. The van der Waals surface area contributed by atoms with Gasteiger partial charge in [0.15, 0.2) is 0 Å². The van der Waals surface area contributed by atoms with Gasteiger partial charge in [0.25, 0.3) is 0 Å². The van der Waals surface area contributed by atoms with E-state index in [1.807, 2.05) is 0 Å². The fraction of sp³-hybridized carbons (Fsp3) is 1.00. The van der Waals surface area contributed by atoms with Gasteiger partial charge in [-0.05, 0) is 25.9 Å². The summed E-state index contributed by atoms with van der Waals surface area (Å²) in [6.07, 6.45) is 7.45. The fourth-order valence-electron chi connectivity index (χ4n) is 2.37. The lowest BCUT2D eigenvalue weighted by molar-refractivity contribution is 0.00627. The molecule has 1 N–H and O–H groups in total. The van der Waals surface area contributed by atoms with Gasteiger partial charge in [-0.15, -0.1) is 0 Å². The number of ether oxygens (including phenoxy) is 1. The molecule has 82 valence electrons. The first kappa shape index (κ1) is 10.4. The van der Waals surface area contributed by atoms with Crippen LogP contribution in [0.2, 0.25) is 0 Å². The molecule has 3 nitrogen and oxygen atoms in total. The lowest BCUT2D eigenvalue weighted by Crippen LogP contribution is -2.53. The van der Waals surface area contributed by atoms with Crippen molar-refractivity contribution in [3.05, 3.63) is 0 Å². The highest BCUT2D eigenvalue weighted by Gasteiger charge is 2.20. The van der Waals surface area contributed by atoms with Crippen LogP contribution in [0, 0.1) is 0 Å². The van der Waals surface area contributed by atoms with Crippen molar-refractivity contribution in [2.24, 2.45) is 0 Å². The average molecular weight is 198 g/mol. The van der Waals surface area contributed by atoms with Gasteiger partial charge in [0.05, 0.1) is 19.4 Å². The van der Waals surface area contributed by atoms with Crippen molar-refractivity contribution < 1.29 is 4.74 Å². The summed E-state index contributed by atoms with van der Waals surface area (Å²) >= 11 is 0. The van der Waals surface area contributed by atoms with Crippen molar-refractivity contribution >= 4 is 0 Å². The Labute approximate surface area is 86.8 Å². The lowest BCUT2D eigenvalue weighted by atomic mass is 10.1. The molecule has 2 saturated heterocycles. The Hall–Kier alpha value is -0.120. The van der Waals surface area contributed by atoms with Crippen LogP contribution in [0.15, 0.2) is 0 Å². The highest BCUT2D eigenvalue weighted by Crippen LogP contribution is 2.12. The van der Waals surface area contributed by atoms with E-state index in [0.717, 1.165) is 19.8 Å². The molecule has 0 aliphatic carbocycles. The van der Waals surface area contributed by atoms with Crippen molar-refractivity contribution in [2.75, 3.05) is 32.8 Å². The number of nitrogens with one attached hydrogen (secondary N) is 1. The molecule has 0 bridgehead atoms. The van der Waals surface area contributed by atoms with E-state index in [4.69, 9.17) is 4.74 Å². The van der Waals surface area contributed by atoms with E-state index in [9.17, 15) is 0 Å². The second-order valence-electron chi connectivity index (χ2n) is 4.35. The first-order valence-corrected chi connectivity index (χ1v) is 6.02. The van der Waals surface area contributed by atoms with Gasteiger partial charge in [0, 0.05) is 6.54 Å². The molecule has 2 heterocycles. The molecule has 0 aromatic heterocycles. The van der Waals surface area contributed by atoms with E-state index in [2.05, 4.69) is 10.2 Å². The number of hydrogen-bond donors (Lipinski definition) is 1. The van der Waals surface area contributed by atoms with E-state index in [-0.39, 0.29) is 0 Å². The van der Waals surface area contributed by atoms with Crippen molar-refractivity contribution in [1.29, 1.82) is 0 Å². The first-order valence-electron chi connectivity index (χ1n) is 6.02. The van der Waals surface area contributed by atoms with Gasteiger partial charge in [-0.1, -0.05) is 19.3 Å². The summed E-state index contributed by atoms with van der Waals surface area (Å²) in [5.74, 6) is 0. The Bertz CT molecular complexity index is 149. The largest absolute Gasteiger partial charge is 0.377 e. The molecule has 1 atom stereocenters. The van der Waals surface area contributed by atoms with Crippen LogP contribution < -0.4 is 5.32 Å². The van der Waals surface area contributed by atoms with Crippen LogP contribution in [-0.2, 0) is 4.74 Å². The van der Waals surface area contributed by atoms with Crippen LogP contribution in [0.3, 0.4) is 0 Å². The zero-order valence-corrected chi connectivity index (χ0v) is 9.00. The molecule has 0 amide bonds. The number of likely N-dealkylation sites (tertiary alicyclic amines) is 1. The van der Waals surface area contributed by atoms with Gasteiger partial charge in [-0.2, -0.15) is 0 Å². The fourth-order valence-corrected chi connectivity index (χ4v) is 2.37. The standard InChI is InChI=1S/C11H22N2O/c1-2-4-7-13(8-5-3-1)11-10-14-9-6-12-11/h11-12H,1-10H2. The predicted octanol–water partition coefficient (Wildman–Crippen LogP) is 1.20. The van der Waals surface area contributed by atoms with Crippen LogP contribution in [-0.4, -0.2) is 43.9 Å². The molecule has 2 aliphatic rings. The molecule has 0 aromatic carbocycles. The first-order chi connectivity index (χ1) is 6.97. The van der Waals surface area contributed by atoms with Gasteiger partial charge < -0.3 is 4.74 Å². The van der Waals surface area contributed by atoms with Gasteiger partial charge in [0.2, 0.25) is 0 Å². The summed E-state index contributed by atoms with van der Waals surface area (Å²) in [4.78, 5) is 2.57. The molecule has 0 spiro atoms. The summed E-state index contributed by atoms with van der Waals surface area (Å²) in [6, 6.07) is 0. The quantitative estimate of drug-likeness (QED) is 0.685.